The van der Waals surface area contributed by atoms with Crippen LogP contribution in [-0.2, 0) is 16.1 Å². The van der Waals surface area contributed by atoms with Gasteiger partial charge in [0.2, 0.25) is 0 Å². The molecular weight excluding hydrogens is 310 g/mol. The Bertz CT molecular complexity index is 554. The van der Waals surface area contributed by atoms with Gasteiger partial charge in [0, 0.05) is 0 Å². The normalized spacial score (nSPS) is 16.2. The van der Waals surface area contributed by atoms with Gasteiger partial charge in [-0.05, 0) is 30.0 Å². The highest BCUT2D eigenvalue weighted by atomic mass is 16.5. The number of carbonyl (C=O) groups excluding carboxylic acids is 1. The molecule has 1 aliphatic rings. The first kappa shape index (κ1) is 18.1. The van der Waals surface area contributed by atoms with E-state index in [1.807, 2.05) is 6.07 Å². The molecule has 1 amide bonds. The van der Waals surface area contributed by atoms with E-state index in [-0.39, 0.29) is 6.61 Å². The van der Waals surface area contributed by atoms with E-state index in [0.717, 1.165) is 31.2 Å². The first-order valence-corrected chi connectivity index (χ1v) is 8.37. The van der Waals surface area contributed by atoms with Crippen LogP contribution in [0.25, 0.3) is 0 Å². The molecule has 1 fully saturated rings. The molecular formula is C18H25NO5. The van der Waals surface area contributed by atoms with Crippen molar-refractivity contribution in [1.82, 2.24) is 5.32 Å². The Morgan fingerprint density at radius 3 is 2.71 bits per heavy atom. The van der Waals surface area contributed by atoms with Crippen molar-refractivity contribution < 1.29 is 24.2 Å². The first-order valence-electron chi connectivity index (χ1n) is 8.37. The molecule has 6 nitrogen and oxygen atoms in total. The van der Waals surface area contributed by atoms with Gasteiger partial charge in [0.1, 0.15) is 18.4 Å². The Hall–Kier alpha value is -2.24. The molecule has 0 aliphatic heterocycles. The number of carboxylic acids is 1. The molecule has 1 atom stereocenters. The fourth-order valence-corrected chi connectivity index (χ4v) is 3.07. The summed E-state index contributed by atoms with van der Waals surface area (Å²) in [6.45, 7) is 0.0683. The summed E-state index contributed by atoms with van der Waals surface area (Å²) < 4.78 is 10.2. The molecule has 0 unspecified atom stereocenters. The first-order chi connectivity index (χ1) is 11.6. The molecule has 0 radical (unpaired) electrons. The SMILES string of the molecule is COc1cccc(COC(=O)N[C@@H](CC2CCCCC2)C(=O)O)c1. The van der Waals surface area contributed by atoms with E-state index in [1.54, 1.807) is 25.3 Å². The average molecular weight is 335 g/mol. The highest BCUT2D eigenvalue weighted by Gasteiger charge is 2.25. The molecule has 1 aliphatic carbocycles. The largest absolute Gasteiger partial charge is 0.497 e. The maximum absolute atomic E-state index is 11.9. The standard InChI is InChI=1S/C18H25NO5/c1-23-15-9-5-8-14(10-15)12-24-18(22)19-16(17(20)21)11-13-6-3-2-4-7-13/h5,8-10,13,16H,2-4,6-7,11-12H2,1H3,(H,19,22)(H,20,21)/t16-/m0/s1. The molecule has 1 saturated carbocycles. The van der Waals surface area contributed by atoms with Gasteiger partial charge >= 0.3 is 12.1 Å². The van der Waals surface area contributed by atoms with E-state index in [1.165, 1.54) is 6.42 Å². The average Bonchev–Trinajstić information content (AvgIpc) is 2.60. The number of carboxylic acid groups (broad SMARTS) is 1. The van der Waals surface area contributed by atoms with E-state index in [0.29, 0.717) is 18.1 Å². The van der Waals surface area contributed by atoms with E-state index in [2.05, 4.69) is 5.32 Å². The fraction of sp³-hybridized carbons (Fsp3) is 0.556. The van der Waals surface area contributed by atoms with Gasteiger partial charge in [-0.3, -0.25) is 0 Å². The highest BCUT2D eigenvalue weighted by Crippen LogP contribution is 2.27. The lowest BCUT2D eigenvalue weighted by Crippen LogP contribution is -2.42. The van der Waals surface area contributed by atoms with Crippen molar-refractivity contribution in [2.75, 3.05) is 7.11 Å². The van der Waals surface area contributed by atoms with Crippen molar-refractivity contribution >= 4 is 12.1 Å². The summed E-state index contributed by atoms with van der Waals surface area (Å²) in [6, 6.07) is 6.29. The summed E-state index contributed by atoms with van der Waals surface area (Å²) in [5.41, 5.74) is 0.781. The van der Waals surface area contributed by atoms with Crippen LogP contribution < -0.4 is 10.1 Å². The summed E-state index contributed by atoms with van der Waals surface area (Å²) in [5.74, 6) is 0.0228. The highest BCUT2D eigenvalue weighted by molar-refractivity contribution is 5.79. The lowest BCUT2D eigenvalue weighted by Gasteiger charge is -2.24. The Balaban J connectivity index is 1.82. The Morgan fingerprint density at radius 1 is 1.29 bits per heavy atom. The van der Waals surface area contributed by atoms with Crippen LogP contribution >= 0.6 is 0 Å². The molecule has 0 saturated heterocycles. The van der Waals surface area contributed by atoms with Gasteiger partial charge in [0.15, 0.2) is 0 Å². The predicted octanol–water partition coefficient (Wildman–Crippen LogP) is 3.35. The van der Waals surface area contributed by atoms with Crippen molar-refractivity contribution in [3.05, 3.63) is 29.8 Å². The van der Waals surface area contributed by atoms with Crippen molar-refractivity contribution in [2.45, 2.75) is 51.2 Å². The van der Waals surface area contributed by atoms with Gasteiger partial charge in [-0.25, -0.2) is 9.59 Å². The maximum atomic E-state index is 11.9. The third-order valence-electron chi connectivity index (χ3n) is 4.39. The van der Waals surface area contributed by atoms with Crippen LogP contribution in [0.2, 0.25) is 0 Å². The minimum absolute atomic E-state index is 0.0683. The number of rotatable bonds is 7. The minimum Gasteiger partial charge on any atom is -0.497 e. The number of aliphatic carboxylic acids is 1. The molecule has 2 N–H and O–H groups in total. The zero-order valence-electron chi connectivity index (χ0n) is 14.0. The zero-order valence-corrected chi connectivity index (χ0v) is 14.0. The van der Waals surface area contributed by atoms with Crippen LogP contribution in [-0.4, -0.2) is 30.3 Å². The van der Waals surface area contributed by atoms with Crippen molar-refractivity contribution in [1.29, 1.82) is 0 Å². The predicted molar refractivity (Wildman–Crippen MR) is 88.9 cm³/mol. The zero-order chi connectivity index (χ0) is 17.4. The molecule has 132 valence electrons. The molecule has 2 rings (SSSR count). The number of carbonyl (C=O) groups is 2. The molecule has 6 heteroatoms. The van der Waals surface area contributed by atoms with Crippen molar-refractivity contribution in [3.8, 4) is 5.75 Å². The van der Waals surface area contributed by atoms with Gasteiger partial charge in [-0.2, -0.15) is 0 Å². The number of benzene rings is 1. The number of methoxy groups -OCH3 is 1. The van der Waals surface area contributed by atoms with Crippen molar-refractivity contribution in [3.63, 3.8) is 0 Å². The summed E-state index contributed by atoms with van der Waals surface area (Å²) >= 11 is 0. The van der Waals surface area contributed by atoms with Crippen LogP contribution in [0.5, 0.6) is 5.75 Å². The van der Waals surface area contributed by atoms with Gasteiger partial charge in [0.05, 0.1) is 7.11 Å². The van der Waals surface area contributed by atoms with Gasteiger partial charge in [0.25, 0.3) is 0 Å². The summed E-state index contributed by atoms with van der Waals surface area (Å²) in [5, 5.41) is 11.8. The molecule has 0 spiro atoms. The number of alkyl carbamates (subject to hydrolysis) is 1. The number of nitrogens with one attached hydrogen (secondary N) is 1. The van der Waals surface area contributed by atoms with Gasteiger partial charge < -0.3 is 19.9 Å². The summed E-state index contributed by atoms with van der Waals surface area (Å²) in [7, 11) is 1.56. The van der Waals surface area contributed by atoms with Crippen LogP contribution in [0, 0.1) is 5.92 Å². The molecule has 1 aromatic carbocycles. The van der Waals surface area contributed by atoms with E-state index in [4.69, 9.17) is 9.47 Å². The number of ether oxygens (including phenoxy) is 2. The second kappa shape index (κ2) is 9.15. The molecule has 1 aromatic rings. The Kier molecular flexibility index (Phi) is 6.90. The topological polar surface area (TPSA) is 84.9 Å². The molecule has 0 bridgehead atoms. The fourth-order valence-electron chi connectivity index (χ4n) is 3.07. The lowest BCUT2D eigenvalue weighted by atomic mass is 9.85. The van der Waals surface area contributed by atoms with Gasteiger partial charge in [-0.1, -0.05) is 44.2 Å². The van der Waals surface area contributed by atoms with Crippen molar-refractivity contribution in [2.24, 2.45) is 5.92 Å². The summed E-state index contributed by atoms with van der Waals surface area (Å²) in [4.78, 5) is 23.3. The number of hydrogen-bond acceptors (Lipinski definition) is 4. The quantitative estimate of drug-likeness (QED) is 0.798. The maximum Gasteiger partial charge on any atom is 0.408 e. The van der Waals surface area contributed by atoms with E-state index < -0.39 is 18.1 Å². The van der Waals surface area contributed by atoms with E-state index >= 15 is 0 Å². The van der Waals surface area contributed by atoms with E-state index in [9.17, 15) is 14.7 Å². The third kappa shape index (κ3) is 5.76. The third-order valence-corrected chi connectivity index (χ3v) is 4.39. The monoisotopic (exact) mass is 335 g/mol. The minimum atomic E-state index is -1.01. The Morgan fingerprint density at radius 2 is 2.04 bits per heavy atom. The molecule has 0 heterocycles. The number of amides is 1. The molecule has 0 aromatic heterocycles. The Labute approximate surface area is 142 Å². The second-order valence-corrected chi connectivity index (χ2v) is 6.20. The van der Waals surface area contributed by atoms with Crippen LogP contribution in [0.3, 0.4) is 0 Å². The van der Waals surface area contributed by atoms with Crippen LogP contribution in [0.15, 0.2) is 24.3 Å². The van der Waals surface area contributed by atoms with Gasteiger partial charge in [-0.15, -0.1) is 0 Å². The summed E-state index contributed by atoms with van der Waals surface area (Å²) in [6.07, 6.45) is 5.30. The lowest BCUT2D eigenvalue weighted by molar-refractivity contribution is -0.139. The van der Waals surface area contributed by atoms with Crippen LogP contribution in [0.4, 0.5) is 4.79 Å². The smallest absolute Gasteiger partial charge is 0.408 e. The second-order valence-electron chi connectivity index (χ2n) is 6.20. The number of hydrogen-bond donors (Lipinski definition) is 2. The molecule has 24 heavy (non-hydrogen) atoms. The van der Waals surface area contributed by atoms with Crippen LogP contribution in [0.1, 0.15) is 44.1 Å².